The molecule has 4 unspecified atom stereocenters. The van der Waals surface area contributed by atoms with E-state index in [-0.39, 0.29) is 30.1 Å². The Morgan fingerprint density at radius 3 is 3.00 bits per heavy atom. The Balaban J connectivity index is 1.90. The number of carbonyl (C=O) groups excluding carboxylic acids is 1. The lowest BCUT2D eigenvalue weighted by atomic mass is 9.88. The summed E-state index contributed by atoms with van der Waals surface area (Å²) >= 11 is 0. The first-order chi connectivity index (χ1) is 11.5. The molecular weight excluding hydrogens is 316 g/mol. The fraction of sp³-hybridized carbons (Fsp3) is 0.533. The van der Waals surface area contributed by atoms with Crippen LogP contribution < -0.4 is 16.0 Å². The van der Waals surface area contributed by atoms with Crippen LogP contribution in [-0.2, 0) is 9.47 Å². The molecule has 1 aromatic carbocycles. The van der Waals surface area contributed by atoms with E-state index in [0.717, 1.165) is 5.69 Å². The zero-order valence-electron chi connectivity index (χ0n) is 13.3. The molecule has 0 saturated carbocycles. The number of benzene rings is 1. The van der Waals surface area contributed by atoms with Gasteiger partial charge in [-0.15, -0.1) is 4.91 Å². The van der Waals surface area contributed by atoms with Crippen LogP contribution in [0.1, 0.15) is 17.0 Å². The average molecular weight is 334 g/mol. The molecule has 3 aliphatic rings. The van der Waals surface area contributed by atoms with E-state index in [2.05, 4.69) is 15.4 Å². The van der Waals surface area contributed by atoms with Crippen molar-refractivity contribution in [3.63, 3.8) is 0 Å². The second-order valence-electron chi connectivity index (χ2n) is 6.41. The Labute approximate surface area is 137 Å². The molecule has 4 rings (SSSR count). The summed E-state index contributed by atoms with van der Waals surface area (Å²) in [5, 5.41) is 16.9. The van der Waals surface area contributed by atoms with Gasteiger partial charge < -0.3 is 30.5 Å². The number of piperazine rings is 1. The van der Waals surface area contributed by atoms with Crippen LogP contribution in [0.4, 0.5) is 16.2 Å². The zero-order chi connectivity index (χ0) is 17.2. The van der Waals surface area contributed by atoms with Crippen LogP contribution >= 0.6 is 0 Å². The van der Waals surface area contributed by atoms with Gasteiger partial charge in [0.1, 0.15) is 6.61 Å². The number of phenols is 1. The first kappa shape index (κ1) is 15.2. The lowest BCUT2D eigenvalue weighted by Crippen LogP contribution is -2.54. The predicted molar refractivity (Wildman–Crippen MR) is 84.4 cm³/mol. The highest BCUT2D eigenvalue weighted by atomic mass is 16.6. The second-order valence-corrected chi connectivity index (χ2v) is 6.41. The molecule has 0 radical (unpaired) electrons. The Bertz CT molecular complexity index is 754. The first-order valence-electron chi connectivity index (χ1n) is 7.66. The van der Waals surface area contributed by atoms with Crippen molar-refractivity contribution in [1.29, 1.82) is 0 Å². The van der Waals surface area contributed by atoms with Gasteiger partial charge in [0.05, 0.1) is 12.0 Å². The number of hydrogen-bond donors (Lipinski definition) is 3. The minimum atomic E-state index is -0.903. The van der Waals surface area contributed by atoms with E-state index in [9.17, 15) is 14.8 Å². The van der Waals surface area contributed by atoms with Crippen LogP contribution in [0.25, 0.3) is 0 Å². The van der Waals surface area contributed by atoms with Crippen molar-refractivity contribution in [2.24, 2.45) is 10.9 Å². The molecule has 3 heterocycles. The third-order valence-corrected chi connectivity index (χ3v) is 5.36. The Hall–Kier alpha value is -2.39. The number of ether oxygens (including phenoxy) is 2. The molecule has 0 aromatic heterocycles. The van der Waals surface area contributed by atoms with Crippen molar-refractivity contribution < 1.29 is 19.4 Å². The maximum absolute atomic E-state index is 11.1. The van der Waals surface area contributed by atoms with Gasteiger partial charge in [0, 0.05) is 30.9 Å². The molecule has 3 aliphatic heterocycles. The standard InChI is InChI=1S/C15H18N4O5/c1-6-3-9-10(12(20)11(6)18-22)7(5-24-14(16)21)15(23-2)13-8(17-13)4-19(9)15/h3,7-8,13,17,20H,4-5H2,1-2H3,(H2,16,21). The van der Waals surface area contributed by atoms with Gasteiger partial charge in [0.15, 0.2) is 17.2 Å². The Kier molecular flexibility index (Phi) is 3.03. The fourth-order valence-corrected chi connectivity index (χ4v) is 4.36. The van der Waals surface area contributed by atoms with E-state index in [1.54, 1.807) is 14.0 Å². The number of rotatable bonds is 4. The van der Waals surface area contributed by atoms with Crippen LogP contribution in [0.3, 0.4) is 0 Å². The number of hydrogen-bond acceptors (Lipinski definition) is 8. The quantitative estimate of drug-likeness (QED) is 0.547. The molecule has 9 heteroatoms. The van der Waals surface area contributed by atoms with Gasteiger partial charge in [-0.3, -0.25) is 0 Å². The van der Waals surface area contributed by atoms with Crippen molar-refractivity contribution in [2.75, 3.05) is 25.2 Å². The highest BCUT2D eigenvalue weighted by Gasteiger charge is 2.70. The maximum atomic E-state index is 11.1. The molecule has 0 spiro atoms. The van der Waals surface area contributed by atoms with E-state index in [4.69, 9.17) is 15.2 Å². The number of phenolic OH excluding ortho intramolecular Hbond substituents is 1. The number of aromatic hydroxyl groups is 1. The molecule has 4 N–H and O–H groups in total. The highest BCUT2D eigenvalue weighted by Crippen LogP contribution is 2.60. The second kappa shape index (κ2) is 4.81. The van der Waals surface area contributed by atoms with Gasteiger partial charge in [0.25, 0.3) is 0 Å². The largest absolute Gasteiger partial charge is 0.505 e. The fourth-order valence-electron chi connectivity index (χ4n) is 4.36. The topological polar surface area (TPSA) is 136 Å². The number of nitrogens with one attached hydrogen (secondary N) is 1. The van der Waals surface area contributed by atoms with Crippen molar-refractivity contribution in [3.05, 3.63) is 22.1 Å². The number of aryl methyl sites for hydroxylation is 1. The predicted octanol–water partition coefficient (Wildman–Crippen LogP) is 0.794. The number of primary amides is 1. The summed E-state index contributed by atoms with van der Waals surface area (Å²) in [7, 11) is 1.58. The van der Waals surface area contributed by atoms with E-state index >= 15 is 0 Å². The number of fused-ring (bicyclic) bond motifs is 5. The van der Waals surface area contributed by atoms with Gasteiger partial charge in [-0.25, -0.2) is 4.79 Å². The van der Waals surface area contributed by atoms with Gasteiger partial charge in [-0.2, -0.15) is 0 Å². The number of amides is 1. The smallest absolute Gasteiger partial charge is 0.404 e. The van der Waals surface area contributed by atoms with Crippen molar-refractivity contribution in [1.82, 2.24) is 5.32 Å². The zero-order valence-corrected chi connectivity index (χ0v) is 13.3. The Morgan fingerprint density at radius 2 is 2.38 bits per heavy atom. The van der Waals surface area contributed by atoms with Crippen molar-refractivity contribution in [3.8, 4) is 5.75 Å². The summed E-state index contributed by atoms with van der Waals surface area (Å²) in [5.41, 5.74) is 6.16. The van der Waals surface area contributed by atoms with Gasteiger partial charge in [0.2, 0.25) is 0 Å². The van der Waals surface area contributed by atoms with Gasteiger partial charge in [-0.1, -0.05) is 0 Å². The third kappa shape index (κ3) is 1.68. The van der Waals surface area contributed by atoms with E-state index in [1.165, 1.54) is 0 Å². The van der Waals surface area contributed by atoms with Crippen LogP contribution in [0, 0.1) is 11.8 Å². The summed E-state index contributed by atoms with van der Waals surface area (Å²) in [6, 6.07) is 2.14. The normalized spacial score (nSPS) is 32.1. The summed E-state index contributed by atoms with van der Waals surface area (Å²) in [4.78, 5) is 24.3. The first-order valence-corrected chi connectivity index (χ1v) is 7.66. The number of methoxy groups -OCH3 is 1. The number of carbonyl (C=O) groups is 1. The van der Waals surface area contributed by atoms with Crippen molar-refractivity contribution in [2.45, 2.75) is 30.7 Å². The summed E-state index contributed by atoms with van der Waals surface area (Å²) in [6.45, 7) is 2.35. The molecule has 24 heavy (non-hydrogen) atoms. The van der Waals surface area contributed by atoms with E-state index < -0.39 is 17.7 Å². The molecule has 0 aliphatic carbocycles. The molecule has 2 saturated heterocycles. The number of anilines is 1. The monoisotopic (exact) mass is 334 g/mol. The summed E-state index contributed by atoms with van der Waals surface area (Å²) < 4.78 is 10.9. The van der Waals surface area contributed by atoms with E-state index in [1.807, 2.05) is 6.07 Å². The summed E-state index contributed by atoms with van der Waals surface area (Å²) in [5.74, 6) is -0.683. The average Bonchev–Trinajstić information content (AvgIpc) is 3.15. The molecule has 4 atom stereocenters. The maximum Gasteiger partial charge on any atom is 0.404 e. The van der Waals surface area contributed by atoms with Crippen LogP contribution in [0.2, 0.25) is 0 Å². The number of nitrogens with two attached hydrogens (primary N) is 1. The molecular formula is C15H18N4O5. The van der Waals surface area contributed by atoms with Gasteiger partial charge in [-0.05, 0) is 23.7 Å². The SMILES string of the molecule is COC12C(COC(N)=O)c3c(cc(C)c(N=O)c3O)N1CC1NC12. The lowest BCUT2D eigenvalue weighted by molar-refractivity contribution is -0.0336. The minimum absolute atomic E-state index is 0.00874. The van der Waals surface area contributed by atoms with Crippen LogP contribution in [0.5, 0.6) is 5.75 Å². The molecule has 128 valence electrons. The van der Waals surface area contributed by atoms with Crippen LogP contribution in [0.15, 0.2) is 11.2 Å². The highest BCUT2D eigenvalue weighted by molar-refractivity contribution is 5.78. The third-order valence-electron chi connectivity index (χ3n) is 5.36. The number of nitrogens with zero attached hydrogens (tertiary/aromatic N) is 2. The lowest BCUT2D eigenvalue weighted by Gasteiger charge is -2.38. The summed E-state index contributed by atoms with van der Waals surface area (Å²) in [6.07, 6.45) is -0.903. The molecule has 1 amide bonds. The van der Waals surface area contributed by atoms with E-state index in [0.29, 0.717) is 17.7 Å². The van der Waals surface area contributed by atoms with Crippen molar-refractivity contribution >= 4 is 17.5 Å². The molecule has 9 nitrogen and oxygen atoms in total. The minimum Gasteiger partial charge on any atom is -0.505 e. The van der Waals surface area contributed by atoms with Gasteiger partial charge >= 0.3 is 6.09 Å². The Morgan fingerprint density at radius 1 is 1.62 bits per heavy atom. The molecule has 0 bridgehead atoms. The molecule has 2 fully saturated rings. The van der Waals surface area contributed by atoms with Crippen LogP contribution in [-0.4, -0.2) is 49.3 Å². The molecule has 1 aromatic rings. The number of nitroso groups, excluding NO2 is 1.